The molecule has 26 heavy (non-hydrogen) atoms. The Bertz CT molecular complexity index is 626. The van der Waals surface area contributed by atoms with Crippen molar-refractivity contribution in [2.75, 3.05) is 32.7 Å². The summed E-state index contributed by atoms with van der Waals surface area (Å²) in [6.45, 7) is 7.65. The molecule has 0 radical (unpaired) electrons. The van der Waals surface area contributed by atoms with E-state index in [9.17, 15) is 4.79 Å². The van der Waals surface area contributed by atoms with Crippen LogP contribution in [0, 0.1) is 0 Å². The molecule has 4 heterocycles. The normalized spacial score (nSPS) is 28.3. The lowest BCUT2D eigenvalue weighted by molar-refractivity contribution is 0.0162. The second-order valence-corrected chi connectivity index (χ2v) is 8.38. The molecule has 1 aromatic rings. The molecule has 4 rings (SSSR count). The summed E-state index contributed by atoms with van der Waals surface area (Å²) in [7, 11) is 2.22. The smallest absolute Gasteiger partial charge is 0.318 e. The van der Waals surface area contributed by atoms with Crippen molar-refractivity contribution in [3.05, 3.63) is 30.1 Å². The first kappa shape index (κ1) is 17.8. The van der Waals surface area contributed by atoms with E-state index in [0.29, 0.717) is 18.1 Å². The van der Waals surface area contributed by atoms with E-state index in [1.807, 2.05) is 24.4 Å². The number of piperidine rings is 2. The lowest BCUT2D eigenvalue weighted by atomic mass is 9.84. The molecule has 0 spiro atoms. The first-order chi connectivity index (χ1) is 12.6. The van der Waals surface area contributed by atoms with E-state index in [4.69, 9.17) is 0 Å². The Labute approximate surface area is 157 Å². The molecule has 0 bridgehead atoms. The first-order valence-corrected chi connectivity index (χ1v) is 9.97. The van der Waals surface area contributed by atoms with E-state index in [2.05, 4.69) is 39.8 Å². The van der Waals surface area contributed by atoms with E-state index >= 15 is 0 Å². The van der Waals surface area contributed by atoms with Gasteiger partial charge in [-0.15, -0.1) is 0 Å². The number of hydrogen-bond acceptors (Lipinski definition) is 4. The van der Waals surface area contributed by atoms with Crippen molar-refractivity contribution in [1.29, 1.82) is 0 Å². The Hall–Kier alpha value is -1.60. The van der Waals surface area contributed by atoms with Gasteiger partial charge in [0.15, 0.2) is 7.98 Å². The van der Waals surface area contributed by atoms with Gasteiger partial charge in [-0.3, -0.25) is 9.88 Å². The molecule has 2 amide bonds. The minimum absolute atomic E-state index is 0.0687. The summed E-state index contributed by atoms with van der Waals surface area (Å²) in [4.78, 5) is 24.2. The molecule has 3 aliphatic heterocycles. The Balaban J connectivity index is 1.41. The highest BCUT2D eigenvalue weighted by molar-refractivity contribution is 6.04. The van der Waals surface area contributed by atoms with Crippen molar-refractivity contribution in [2.45, 2.75) is 50.2 Å². The molecule has 0 saturated carbocycles. The summed E-state index contributed by atoms with van der Waals surface area (Å²) in [6, 6.07) is 6.43. The van der Waals surface area contributed by atoms with Gasteiger partial charge < -0.3 is 15.0 Å². The topological polar surface area (TPSA) is 51.7 Å². The molecule has 7 heteroatoms. The molecular weight excluding hydrogens is 325 g/mol. The monoisotopic (exact) mass is 355 g/mol. The maximum Gasteiger partial charge on any atom is 0.318 e. The number of amides is 2. The van der Waals surface area contributed by atoms with Crippen LogP contribution >= 0.6 is 0 Å². The van der Waals surface area contributed by atoms with Crippen molar-refractivity contribution in [1.82, 2.24) is 24.9 Å². The lowest BCUT2D eigenvalue weighted by Crippen LogP contribution is -2.57. The number of rotatable bonds is 3. The van der Waals surface area contributed by atoms with Crippen molar-refractivity contribution < 1.29 is 4.79 Å². The highest BCUT2D eigenvalue weighted by Gasteiger charge is 2.42. The van der Waals surface area contributed by atoms with Gasteiger partial charge >= 0.3 is 6.03 Å². The third kappa shape index (κ3) is 3.34. The lowest BCUT2D eigenvalue weighted by Gasteiger charge is -2.50. The second kappa shape index (κ2) is 7.20. The number of nitrogens with zero attached hydrogens (tertiary/aromatic N) is 4. The van der Waals surface area contributed by atoms with Crippen molar-refractivity contribution in [2.24, 2.45) is 0 Å². The molecule has 140 valence electrons. The molecule has 3 saturated heterocycles. The minimum Gasteiger partial charge on any atom is -0.349 e. The predicted molar refractivity (Wildman–Crippen MR) is 105 cm³/mol. The number of pyridine rings is 1. The van der Waals surface area contributed by atoms with Gasteiger partial charge in [-0.1, -0.05) is 6.07 Å². The van der Waals surface area contributed by atoms with Crippen LogP contribution in [0.2, 0.25) is 0 Å². The van der Waals surface area contributed by atoms with Gasteiger partial charge in [-0.25, -0.2) is 4.79 Å². The van der Waals surface area contributed by atoms with Crippen molar-refractivity contribution in [3.63, 3.8) is 0 Å². The largest absolute Gasteiger partial charge is 0.349 e. The highest BCUT2D eigenvalue weighted by atomic mass is 16.2. The van der Waals surface area contributed by atoms with E-state index in [0.717, 1.165) is 31.6 Å². The molecule has 0 unspecified atom stereocenters. The molecule has 3 fully saturated rings. The average Bonchev–Trinajstić information content (AvgIpc) is 3.07. The van der Waals surface area contributed by atoms with E-state index in [-0.39, 0.29) is 12.1 Å². The standard InChI is InChI=1S/C19H30BN5O/c1-19(7-12-24(20)13-8-19)23-10-5-15(6-11-23)25-17(14-22-18(25)26)16-4-2-3-9-21-16/h2-4,9,15,17H,5-8,10-14,20H2,1H3,(H,22,26)/t17-/m0/s1. The van der Waals surface area contributed by atoms with Crippen LogP contribution < -0.4 is 5.32 Å². The zero-order chi connectivity index (χ0) is 18.1. The maximum atomic E-state index is 12.5. The number of nitrogens with one attached hydrogen (secondary N) is 1. The molecule has 1 aromatic heterocycles. The maximum absolute atomic E-state index is 12.5. The fourth-order valence-corrected chi connectivity index (χ4v) is 4.86. The van der Waals surface area contributed by atoms with Gasteiger partial charge in [0.25, 0.3) is 0 Å². The Morgan fingerprint density at radius 1 is 1.19 bits per heavy atom. The highest BCUT2D eigenvalue weighted by Crippen LogP contribution is 2.34. The number of carbonyl (C=O) groups is 1. The van der Waals surface area contributed by atoms with Gasteiger partial charge in [-0.05, 0) is 57.8 Å². The molecule has 6 nitrogen and oxygen atoms in total. The van der Waals surface area contributed by atoms with Crippen LogP contribution in [0.4, 0.5) is 4.79 Å². The Morgan fingerprint density at radius 3 is 2.58 bits per heavy atom. The number of carbonyl (C=O) groups excluding carboxylic acids is 1. The SMILES string of the molecule is BN1CCC(C)(N2CCC(N3C(=O)NC[C@H]3c3ccccn3)CC2)CC1. The van der Waals surface area contributed by atoms with Crippen LogP contribution in [-0.2, 0) is 0 Å². The number of urea groups is 1. The molecule has 3 aliphatic rings. The van der Waals surface area contributed by atoms with Crippen LogP contribution in [0.5, 0.6) is 0 Å². The molecular formula is C19H30BN5O. The quantitative estimate of drug-likeness (QED) is 0.823. The molecule has 1 atom stereocenters. The van der Waals surface area contributed by atoms with E-state index < -0.39 is 0 Å². The third-order valence-corrected chi connectivity index (χ3v) is 6.73. The van der Waals surface area contributed by atoms with E-state index in [1.165, 1.54) is 25.9 Å². The third-order valence-electron chi connectivity index (χ3n) is 6.73. The number of aromatic nitrogens is 1. The van der Waals surface area contributed by atoms with Crippen LogP contribution in [-0.4, -0.2) is 77.9 Å². The van der Waals surface area contributed by atoms with E-state index in [1.54, 1.807) is 0 Å². The molecule has 1 N–H and O–H groups in total. The molecule has 0 aromatic carbocycles. The zero-order valence-corrected chi connectivity index (χ0v) is 16.0. The Morgan fingerprint density at radius 2 is 1.92 bits per heavy atom. The summed E-state index contributed by atoms with van der Waals surface area (Å²) in [5, 5.41) is 3.03. The number of hydrogen-bond donors (Lipinski definition) is 1. The molecule has 0 aliphatic carbocycles. The van der Waals surface area contributed by atoms with Crippen LogP contribution in [0.25, 0.3) is 0 Å². The van der Waals surface area contributed by atoms with Gasteiger partial charge in [-0.2, -0.15) is 0 Å². The summed E-state index contributed by atoms with van der Waals surface area (Å²) >= 11 is 0. The summed E-state index contributed by atoms with van der Waals surface area (Å²) in [5.41, 5.74) is 1.32. The van der Waals surface area contributed by atoms with Crippen LogP contribution in [0.3, 0.4) is 0 Å². The van der Waals surface area contributed by atoms with Crippen molar-refractivity contribution in [3.8, 4) is 0 Å². The van der Waals surface area contributed by atoms with Gasteiger partial charge in [0.1, 0.15) is 0 Å². The fraction of sp³-hybridized carbons (Fsp3) is 0.684. The second-order valence-electron chi connectivity index (χ2n) is 8.38. The summed E-state index contributed by atoms with van der Waals surface area (Å²) in [5.74, 6) is 0. The summed E-state index contributed by atoms with van der Waals surface area (Å²) in [6.07, 6.45) is 6.42. The van der Waals surface area contributed by atoms with Crippen LogP contribution in [0.15, 0.2) is 24.4 Å². The number of likely N-dealkylation sites (tertiary alicyclic amines) is 1. The zero-order valence-electron chi connectivity index (χ0n) is 16.0. The van der Waals surface area contributed by atoms with Crippen molar-refractivity contribution >= 4 is 14.0 Å². The van der Waals surface area contributed by atoms with Crippen LogP contribution in [0.1, 0.15) is 44.3 Å². The Kier molecular flexibility index (Phi) is 4.93. The van der Waals surface area contributed by atoms with Gasteiger partial charge in [0, 0.05) is 37.4 Å². The first-order valence-electron chi connectivity index (χ1n) is 9.97. The fourth-order valence-electron chi connectivity index (χ4n) is 4.86. The van der Waals surface area contributed by atoms with Gasteiger partial charge in [0.05, 0.1) is 11.7 Å². The van der Waals surface area contributed by atoms with Gasteiger partial charge in [0.2, 0.25) is 0 Å². The minimum atomic E-state index is 0.0687. The predicted octanol–water partition coefficient (Wildman–Crippen LogP) is 1.01. The summed E-state index contributed by atoms with van der Waals surface area (Å²) < 4.78 is 0. The average molecular weight is 355 g/mol.